The number of aromatic nitrogens is 2. The normalized spacial score (nSPS) is 19.6. The third-order valence-corrected chi connectivity index (χ3v) is 3.02. The first kappa shape index (κ1) is 12.4. The molecule has 0 spiro atoms. The lowest BCUT2D eigenvalue weighted by Crippen LogP contribution is -2.46. The maximum atomic E-state index is 11.8. The number of aromatic amines is 1. The predicted molar refractivity (Wildman–Crippen MR) is 62.8 cm³/mol. The van der Waals surface area contributed by atoms with E-state index in [1.807, 2.05) is 0 Å². The van der Waals surface area contributed by atoms with Crippen LogP contribution in [-0.2, 0) is 11.3 Å². The van der Waals surface area contributed by atoms with E-state index in [1.165, 1.54) is 0 Å². The van der Waals surface area contributed by atoms with E-state index in [1.54, 1.807) is 17.3 Å². The second-order valence-electron chi connectivity index (χ2n) is 4.32. The zero-order valence-corrected chi connectivity index (χ0v) is 9.93. The molecule has 18 heavy (non-hydrogen) atoms. The van der Waals surface area contributed by atoms with Crippen molar-refractivity contribution in [1.29, 1.82) is 0 Å². The van der Waals surface area contributed by atoms with Crippen molar-refractivity contribution in [3.05, 3.63) is 18.2 Å². The largest absolute Gasteiger partial charge is 0.481 e. The topological polar surface area (TPSA) is 98.3 Å². The summed E-state index contributed by atoms with van der Waals surface area (Å²) in [4.78, 5) is 31.2. The monoisotopic (exact) mass is 252 g/mol. The minimum atomic E-state index is -0.835. The van der Waals surface area contributed by atoms with Crippen molar-refractivity contribution < 1.29 is 14.7 Å². The number of hydrogen-bond acceptors (Lipinski definition) is 3. The number of H-pyrrole nitrogens is 1. The first-order chi connectivity index (χ1) is 8.66. The van der Waals surface area contributed by atoms with Crippen LogP contribution in [0.3, 0.4) is 0 Å². The Hall–Kier alpha value is -2.05. The minimum absolute atomic E-state index is 0.239. The van der Waals surface area contributed by atoms with Gasteiger partial charge in [0, 0.05) is 25.5 Å². The summed E-state index contributed by atoms with van der Waals surface area (Å²) in [7, 11) is 0. The number of nitrogens with one attached hydrogen (secondary N) is 2. The highest BCUT2D eigenvalue weighted by Gasteiger charge is 2.27. The van der Waals surface area contributed by atoms with Gasteiger partial charge in [0.1, 0.15) is 5.82 Å². The molecule has 0 radical (unpaired) electrons. The highest BCUT2D eigenvalue weighted by molar-refractivity contribution is 5.76. The van der Waals surface area contributed by atoms with Gasteiger partial charge in [-0.2, -0.15) is 0 Å². The Balaban J connectivity index is 1.83. The number of carbonyl (C=O) groups is 2. The first-order valence-corrected chi connectivity index (χ1v) is 5.90. The summed E-state index contributed by atoms with van der Waals surface area (Å²) < 4.78 is 0. The van der Waals surface area contributed by atoms with Crippen LogP contribution in [0.25, 0.3) is 0 Å². The molecule has 1 aliphatic heterocycles. The molecule has 7 nitrogen and oxygen atoms in total. The Kier molecular flexibility index (Phi) is 3.81. The Bertz CT molecular complexity index is 418. The molecular weight excluding hydrogens is 236 g/mol. The van der Waals surface area contributed by atoms with Crippen LogP contribution < -0.4 is 5.32 Å². The van der Waals surface area contributed by atoms with Gasteiger partial charge in [-0.25, -0.2) is 9.78 Å². The van der Waals surface area contributed by atoms with Crippen molar-refractivity contribution in [3.8, 4) is 0 Å². The predicted octanol–water partition coefficient (Wildman–Crippen LogP) is 0.416. The fourth-order valence-corrected chi connectivity index (χ4v) is 2.03. The van der Waals surface area contributed by atoms with Crippen molar-refractivity contribution in [2.24, 2.45) is 5.92 Å². The molecule has 7 heteroatoms. The Labute approximate surface area is 104 Å². The van der Waals surface area contributed by atoms with Crippen molar-refractivity contribution in [2.75, 3.05) is 13.1 Å². The Morgan fingerprint density at radius 2 is 2.44 bits per heavy atom. The second kappa shape index (κ2) is 5.52. The Morgan fingerprint density at radius 3 is 3.11 bits per heavy atom. The number of urea groups is 1. The molecule has 0 aliphatic carbocycles. The van der Waals surface area contributed by atoms with Gasteiger partial charge in [-0.15, -0.1) is 0 Å². The quantitative estimate of drug-likeness (QED) is 0.725. The van der Waals surface area contributed by atoms with Crippen LogP contribution in [-0.4, -0.2) is 45.1 Å². The lowest BCUT2D eigenvalue weighted by atomic mass is 9.99. The van der Waals surface area contributed by atoms with Crippen LogP contribution in [0.4, 0.5) is 4.79 Å². The SMILES string of the molecule is O=C(O)[C@H]1CCCN(C(=O)NCc2ncc[nH]2)C1. The molecule has 1 aromatic heterocycles. The Morgan fingerprint density at radius 1 is 1.61 bits per heavy atom. The van der Waals surface area contributed by atoms with E-state index < -0.39 is 11.9 Å². The summed E-state index contributed by atoms with van der Waals surface area (Å²) in [6, 6.07) is -0.239. The van der Waals surface area contributed by atoms with Crippen molar-refractivity contribution in [2.45, 2.75) is 19.4 Å². The van der Waals surface area contributed by atoms with Crippen LogP contribution in [0.1, 0.15) is 18.7 Å². The van der Waals surface area contributed by atoms with Gasteiger partial charge >= 0.3 is 12.0 Å². The molecule has 1 aromatic rings. The molecule has 0 unspecified atom stereocenters. The van der Waals surface area contributed by atoms with Gasteiger partial charge in [-0.3, -0.25) is 4.79 Å². The minimum Gasteiger partial charge on any atom is -0.481 e. The number of aliphatic carboxylic acids is 1. The number of piperidine rings is 1. The molecule has 1 fully saturated rings. The molecule has 98 valence electrons. The molecule has 2 rings (SSSR count). The van der Waals surface area contributed by atoms with Crippen molar-refractivity contribution >= 4 is 12.0 Å². The average molecular weight is 252 g/mol. The van der Waals surface area contributed by atoms with E-state index in [2.05, 4.69) is 15.3 Å². The zero-order valence-electron chi connectivity index (χ0n) is 9.93. The standard InChI is InChI=1S/C11H16N4O3/c16-10(17)8-2-1-5-15(7-8)11(18)14-6-9-12-3-4-13-9/h3-4,8H,1-2,5-7H2,(H,12,13)(H,14,18)(H,16,17)/t8-/m0/s1. The summed E-state index contributed by atoms with van der Waals surface area (Å²) in [6.45, 7) is 1.20. The molecule has 2 amide bonds. The molecule has 1 atom stereocenters. The molecule has 0 aromatic carbocycles. The fourth-order valence-electron chi connectivity index (χ4n) is 2.03. The summed E-state index contributed by atoms with van der Waals surface area (Å²) in [6.07, 6.45) is 4.66. The van der Waals surface area contributed by atoms with Crippen molar-refractivity contribution in [1.82, 2.24) is 20.2 Å². The van der Waals surface area contributed by atoms with Crippen LogP contribution >= 0.6 is 0 Å². The third kappa shape index (κ3) is 2.99. The number of hydrogen-bond donors (Lipinski definition) is 3. The van der Waals surface area contributed by atoms with E-state index in [-0.39, 0.29) is 12.6 Å². The van der Waals surface area contributed by atoms with Gasteiger partial charge in [-0.05, 0) is 12.8 Å². The van der Waals surface area contributed by atoms with Gasteiger partial charge in [-0.1, -0.05) is 0 Å². The molecule has 0 bridgehead atoms. The molecule has 0 saturated carbocycles. The van der Waals surface area contributed by atoms with Gasteiger partial charge in [0.15, 0.2) is 0 Å². The van der Waals surface area contributed by atoms with Crippen LogP contribution in [0.5, 0.6) is 0 Å². The third-order valence-electron chi connectivity index (χ3n) is 3.02. The van der Waals surface area contributed by atoms with E-state index >= 15 is 0 Å². The van der Waals surface area contributed by atoms with Crippen LogP contribution in [0.2, 0.25) is 0 Å². The lowest BCUT2D eigenvalue weighted by molar-refractivity contribution is -0.143. The molecule has 1 aliphatic rings. The van der Waals surface area contributed by atoms with E-state index in [9.17, 15) is 9.59 Å². The lowest BCUT2D eigenvalue weighted by Gasteiger charge is -2.30. The average Bonchev–Trinajstić information content (AvgIpc) is 2.89. The van der Waals surface area contributed by atoms with Gasteiger partial charge in [0.05, 0.1) is 12.5 Å². The van der Waals surface area contributed by atoms with E-state index in [0.717, 1.165) is 6.42 Å². The molecule has 3 N–H and O–H groups in total. The van der Waals surface area contributed by atoms with Gasteiger partial charge < -0.3 is 20.3 Å². The number of imidazole rings is 1. The number of carbonyl (C=O) groups excluding carboxylic acids is 1. The van der Waals surface area contributed by atoms with E-state index in [4.69, 9.17) is 5.11 Å². The highest BCUT2D eigenvalue weighted by Crippen LogP contribution is 2.16. The van der Waals surface area contributed by atoms with Crippen LogP contribution in [0, 0.1) is 5.92 Å². The van der Waals surface area contributed by atoms with Gasteiger partial charge in [0.25, 0.3) is 0 Å². The molecule has 2 heterocycles. The number of likely N-dealkylation sites (tertiary alicyclic amines) is 1. The molecular formula is C11H16N4O3. The highest BCUT2D eigenvalue weighted by atomic mass is 16.4. The summed E-state index contributed by atoms with van der Waals surface area (Å²) in [5.41, 5.74) is 0. The smallest absolute Gasteiger partial charge is 0.317 e. The van der Waals surface area contributed by atoms with Gasteiger partial charge in [0.2, 0.25) is 0 Å². The number of rotatable bonds is 3. The van der Waals surface area contributed by atoms with Crippen molar-refractivity contribution in [3.63, 3.8) is 0 Å². The number of carboxylic acid groups (broad SMARTS) is 1. The second-order valence-corrected chi connectivity index (χ2v) is 4.32. The summed E-state index contributed by atoms with van der Waals surface area (Å²) in [5, 5.41) is 11.7. The first-order valence-electron chi connectivity index (χ1n) is 5.90. The summed E-state index contributed by atoms with van der Waals surface area (Å²) in [5.74, 6) is -0.609. The maximum Gasteiger partial charge on any atom is 0.317 e. The number of nitrogens with zero attached hydrogens (tertiary/aromatic N) is 2. The zero-order chi connectivity index (χ0) is 13.0. The molecule has 1 saturated heterocycles. The maximum absolute atomic E-state index is 11.8. The van der Waals surface area contributed by atoms with Crippen LogP contribution in [0.15, 0.2) is 12.4 Å². The number of amides is 2. The number of carboxylic acids is 1. The summed E-state index contributed by atoms with van der Waals surface area (Å²) >= 11 is 0. The fraction of sp³-hybridized carbons (Fsp3) is 0.545. The van der Waals surface area contributed by atoms with E-state index in [0.29, 0.717) is 25.3 Å².